The number of carbonyl (C=O) groups excluding carboxylic acids is 1. The molecule has 0 aliphatic carbocycles. The third-order valence-corrected chi connectivity index (χ3v) is 6.21. The van der Waals surface area contributed by atoms with Crippen molar-refractivity contribution in [1.82, 2.24) is 5.32 Å². The van der Waals surface area contributed by atoms with Crippen molar-refractivity contribution in [1.29, 1.82) is 0 Å². The van der Waals surface area contributed by atoms with E-state index in [1.54, 1.807) is 18.2 Å². The van der Waals surface area contributed by atoms with Crippen LogP contribution in [0.15, 0.2) is 23.1 Å². The molecule has 2 fully saturated rings. The van der Waals surface area contributed by atoms with Crippen molar-refractivity contribution in [2.75, 3.05) is 11.1 Å². The summed E-state index contributed by atoms with van der Waals surface area (Å²) in [5.41, 5.74) is 0.523. The van der Waals surface area contributed by atoms with Crippen LogP contribution in [0.5, 0.6) is 0 Å². The second kappa shape index (κ2) is 9.40. The standard InChI is InChI=1S/C17H21ClF2N2OS.ClH/c18-13-2-1-3-14(17(13)24-9-15(19)20)22-16(23)8-10-6-11-4-5-12(7-10)21-11;/h1-3,10-12,15,21H,4-9H2,(H,22,23);1H. The van der Waals surface area contributed by atoms with Gasteiger partial charge in [0, 0.05) is 23.4 Å². The zero-order chi connectivity index (χ0) is 17.1. The van der Waals surface area contributed by atoms with Gasteiger partial charge in [-0.05, 0) is 43.7 Å². The minimum absolute atomic E-state index is 0. The van der Waals surface area contributed by atoms with Gasteiger partial charge >= 0.3 is 0 Å². The van der Waals surface area contributed by atoms with Crippen molar-refractivity contribution in [3.63, 3.8) is 0 Å². The second-order valence-electron chi connectivity index (χ2n) is 6.55. The average Bonchev–Trinajstić information content (AvgIpc) is 2.85. The van der Waals surface area contributed by atoms with E-state index in [1.807, 2.05) is 0 Å². The molecule has 2 atom stereocenters. The Balaban J connectivity index is 0.00000225. The molecule has 1 amide bonds. The van der Waals surface area contributed by atoms with Crippen molar-refractivity contribution in [3.8, 4) is 0 Å². The van der Waals surface area contributed by atoms with Gasteiger partial charge in [0.1, 0.15) is 0 Å². The lowest BCUT2D eigenvalue weighted by Gasteiger charge is -2.28. The number of fused-ring (bicyclic) bond motifs is 2. The predicted octanol–water partition coefficient (Wildman–Crippen LogP) is 4.98. The number of nitrogens with one attached hydrogen (secondary N) is 2. The first-order chi connectivity index (χ1) is 11.5. The first-order valence-corrected chi connectivity index (χ1v) is 9.63. The summed E-state index contributed by atoms with van der Waals surface area (Å²) in [5, 5.41) is 6.81. The quantitative estimate of drug-likeness (QED) is 0.649. The van der Waals surface area contributed by atoms with E-state index in [9.17, 15) is 13.6 Å². The molecule has 1 aromatic carbocycles. The number of hydrogen-bond acceptors (Lipinski definition) is 3. The van der Waals surface area contributed by atoms with Gasteiger partial charge in [-0.2, -0.15) is 0 Å². The highest BCUT2D eigenvalue weighted by Crippen LogP contribution is 2.36. The molecule has 8 heteroatoms. The fourth-order valence-electron chi connectivity index (χ4n) is 3.71. The number of rotatable bonds is 6. The molecule has 2 unspecified atom stereocenters. The van der Waals surface area contributed by atoms with Gasteiger partial charge in [0.05, 0.1) is 16.5 Å². The number of alkyl halides is 2. The van der Waals surface area contributed by atoms with Crippen LogP contribution in [0.1, 0.15) is 32.1 Å². The van der Waals surface area contributed by atoms with Gasteiger partial charge in [0.2, 0.25) is 12.3 Å². The molecule has 2 aliphatic heterocycles. The van der Waals surface area contributed by atoms with Crippen LogP contribution in [0.3, 0.4) is 0 Å². The van der Waals surface area contributed by atoms with Crippen LogP contribution >= 0.6 is 35.8 Å². The Morgan fingerprint density at radius 2 is 2.00 bits per heavy atom. The Morgan fingerprint density at radius 3 is 2.64 bits per heavy atom. The van der Waals surface area contributed by atoms with Gasteiger partial charge in [-0.15, -0.1) is 24.2 Å². The molecule has 0 radical (unpaired) electrons. The van der Waals surface area contributed by atoms with Crippen molar-refractivity contribution >= 4 is 47.4 Å². The first-order valence-electron chi connectivity index (χ1n) is 8.26. The molecular weight excluding hydrogens is 389 g/mol. The van der Waals surface area contributed by atoms with Crippen LogP contribution in [0, 0.1) is 5.92 Å². The van der Waals surface area contributed by atoms with E-state index in [4.69, 9.17) is 11.6 Å². The zero-order valence-electron chi connectivity index (χ0n) is 13.6. The van der Waals surface area contributed by atoms with E-state index in [2.05, 4.69) is 10.6 Å². The number of amides is 1. The van der Waals surface area contributed by atoms with Crippen LogP contribution < -0.4 is 10.6 Å². The molecule has 3 rings (SSSR count). The van der Waals surface area contributed by atoms with Crippen LogP contribution in [0.4, 0.5) is 14.5 Å². The maximum Gasteiger partial charge on any atom is 0.247 e. The molecule has 2 bridgehead atoms. The summed E-state index contributed by atoms with van der Waals surface area (Å²) in [6, 6.07) is 6.17. The summed E-state index contributed by atoms with van der Waals surface area (Å²) in [7, 11) is 0. The molecule has 2 saturated heterocycles. The van der Waals surface area contributed by atoms with Gasteiger partial charge in [-0.1, -0.05) is 17.7 Å². The number of halogens is 4. The van der Waals surface area contributed by atoms with Crippen molar-refractivity contribution in [2.45, 2.75) is 55.5 Å². The Labute approximate surface area is 162 Å². The summed E-state index contributed by atoms with van der Waals surface area (Å²) in [5.74, 6) is -0.0212. The second-order valence-corrected chi connectivity index (χ2v) is 7.98. The molecule has 1 aromatic rings. The fraction of sp³-hybridized carbons (Fsp3) is 0.588. The minimum atomic E-state index is -2.42. The van der Waals surface area contributed by atoms with Gasteiger partial charge in [0.15, 0.2) is 0 Å². The number of benzene rings is 1. The summed E-state index contributed by atoms with van der Waals surface area (Å²) in [6.07, 6.45) is 2.52. The molecule has 0 spiro atoms. The summed E-state index contributed by atoms with van der Waals surface area (Å²) in [4.78, 5) is 12.9. The highest BCUT2D eigenvalue weighted by Gasteiger charge is 2.34. The lowest BCUT2D eigenvalue weighted by atomic mass is 9.89. The first kappa shape index (κ1) is 20.7. The average molecular weight is 411 g/mol. The molecule has 25 heavy (non-hydrogen) atoms. The molecule has 2 N–H and O–H groups in total. The largest absolute Gasteiger partial charge is 0.325 e. The van der Waals surface area contributed by atoms with Gasteiger partial charge < -0.3 is 10.6 Å². The molecule has 3 nitrogen and oxygen atoms in total. The highest BCUT2D eigenvalue weighted by atomic mass is 35.5. The summed E-state index contributed by atoms with van der Waals surface area (Å²) < 4.78 is 25.0. The molecule has 0 saturated carbocycles. The number of carbonyl (C=O) groups is 1. The maximum absolute atomic E-state index is 12.5. The van der Waals surface area contributed by atoms with Crippen molar-refractivity contribution in [3.05, 3.63) is 23.2 Å². The molecular formula is C17H22Cl2F2N2OS. The van der Waals surface area contributed by atoms with Crippen LogP contribution in [-0.4, -0.2) is 30.2 Å². The zero-order valence-corrected chi connectivity index (χ0v) is 16.0. The lowest BCUT2D eigenvalue weighted by Crippen LogP contribution is -2.39. The molecule has 140 valence electrons. The smallest absolute Gasteiger partial charge is 0.247 e. The van der Waals surface area contributed by atoms with Gasteiger partial charge in [-0.3, -0.25) is 4.79 Å². The highest BCUT2D eigenvalue weighted by molar-refractivity contribution is 7.99. The third kappa shape index (κ3) is 5.71. The van der Waals surface area contributed by atoms with Crippen LogP contribution in [-0.2, 0) is 4.79 Å². The Kier molecular flexibility index (Phi) is 7.80. The van der Waals surface area contributed by atoms with Crippen molar-refractivity contribution in [2.24, 2.45) is 5.92 Å². The fourth-order valence-corrected chi connectivity index (χ4v) is 4.82. The summed E-state index contributed by atoms with van der Waals surface area (Å²) >= 11 is 7.08. The third-order valence-electron chi connectivity index (χ3n) is 4.64. The Hall–Kier alpha value is -0.560. The maximum atomic E-state index is 12.5. The van der Waals surface area contributed by atoms with E-state index >= 15 is 0 Å². The number of thioether (sulfide) groups is 1. The van der Waals surface area contributed by atoms with E-state index in [1.165, 1.54) is 12.8 Å². The lowest BCUT2D eigenvalue weighted by molar-refractivity contribution is -0.117. The minimum Gasteiger partial charge on any atom is -0.325 e. The van der Waals surface area contributed by atoms with Crippen LogP contribution in [0.25, 0.3) is 0 Å². The monoisotopic (exact) mass is 410 g/mol. The van der Waals surface area contributed by atoms with E-state index in [0.29, 0.717) is 40.0 Å². The van der Waals surface area contributed by atoms with Gasteiger partial charge in [0.25, 0.3) is 0 Å². The predicted molar refractivity (Wildman–Crippen MR) is 101 cm³/mol. The van der Waals surface area contributed by atoms with Crippen LogP contribution in [0.2, 0.25) is 5.02 Å². The van der Waals surface area contributed by atoms with Crippen molar-refractivity contribution < 1.29 is 13.6 Å². The van der Waals surface area contributed by atoms with E-state index in [0.717, 1.165) is 24.6 Å². The number of piperidine rings is 1. The normalized spacial score (nSPS) is 24.9. The molecule has 0 aromatic heterocycles. The molecule has 2 aliphatic rings. The van der Waals surface area contributed by atoms with Gasteiger partial charge in [-0.25, -0.2) is 8.78 Å². The Morgan fingerprint density at radius 1 is 1.32 bits per heavy atom. The molecule has 2 heterocycles. The Bertz CT molecular complexity index is 594. The van der Waals surface area contributed by atoms with E-state index < -0.39 is 6.43 Å². The van der Waals surface area contributed by atoms with E-state index in [-0.39, 0.29) is 24.1 Å². The number of anilines is 1. The summed E-state index contributed by atoms with van der Waals surface area (Å²) in [6.45, 7) is 0. The SMILES string of the molecule is Cl.O=C(CC1CC2CCC(C1)N2)Nc1cccc(Cl)c1SCC(F)F. The topological polar surface area (TPSA) is 41.1 Å². The number of hydrogen-bond donors (Lipinski definition) is 2.